The van der Waals surface area contributed by atoms with E-state index >= 15 is 0 Å². The molecule has 1 rings (SSSR count). The number of methoxy groups -OCH3 is 2. The van der Waals surface area contributed by atoms with Gasteiger partial charge >= 0.3 is 0 Å². The van der Waals surface area contributed by atoms with Crippen molar-refractivity contribution in [1.82, 2.24) is 0 Å². The molecule has 1 aromatic rings. The van der Waals surface area contributed by atoms with E-state index in [0.717, 1.165) is 0 Å². The van der Waals surface area contributed by atoms with E-state index in [2.05, 4.69) is 0 Å². The maximum atomic E-state index is 11.8. The molecule has 0 bridgehead atoms. The van der Waals surface area contributed by atoms with Gasteiger partial charge in [-0.25, -0.2) is 0 Å². The fourth-order valence-electron chi connectivity index (χ4n) is 1.36. The Bertz CT molecular complexity index is 413. The van der Waals surface area contributed by atoms with E-state index in [0.29, 0.717) is 10.6 Å². The number of hydrogen-bond acceptors (Lipinski definition) is 4. The second kappa shape index (κ2) is 6.49. The summed E-state index contributed by atoms with van der Waals surface area (Å²) < 4.78 is 9.54. The number of halogens is 1. The summed E-state index contributed by atoms with van der Waals surface area (Å²) in [7, 11) is 2.69. The molecule has 0 atom stereocenters. The molecule has 0 radical (unpaired) electrons. The first-order chi connectivity index (χ1) is 8.08. The summed E-state index contributed by atoms with van der Waals surface area (Å²) in [5.41, 5.74) is 0.400. The molecule has 0 aliphatic rings. The molecule has 0 spiro atoms. The van der Waals surface area contributed by atoms with E-state index in [9.17, 15) is 9.59 Å². The molecular weight excluding hydrogens is 244 g/mol. The van der Waals surface area contributed by atoms with Gasteiger partial charge in [-0.2, -0.15) is 0 Å². The zero-order valence-corrected chi connectivity index (χ0v) is 10.4. The van der Waals surface area contributed by atoms with Crippen LogP contribution in [0.25, 0.3) is 0 Å². The van der Waals surface area contributed by atoms with Crippen LogP contribution in [-0.2, 0) is 14.3 Å². The van der Waals surface area contributed by atoms with Crippen molar-refractivity contribution >= 4 is 23.2 Å². The van der Waals surface area contributed by atoms with E-state index in [1.165, 1.54) is 20.3 Å². The number of benzene rings is 1. The normalized spacial score (nSPS) is 10.6. The Balaban J connectivity index is 2.70. The highest BCUT2D eigenvalue weighted by Gasteiger charge is 2.20. The van der Waals surface area contributed by atoms with E-state index in [1.807, 2.05) is 0 Å². The van der Waals surface area contributed by atoms with Crippen LogP contribution in [-0.4, -0.2) is 32.1 Å². The smallest absolute Gasteiger partial charge is 0.217 e. The summed E-state index contributed by atoms with van der Waals surface area (Å²) in [5.74, 6) is -0.725. The van der Waals surface area contributed by atoms with Crippen LogP contribution in [0.15, 0.2) is 24.3 Å². The van der Waals surface area contributed by atoms with E-state index < -0.39 is 12.1 Å². The first-order valence-corrected chi connectivity index (χ1v) is 5.33. The van der Waals surface area contributed by atoms with Crippen molar-refractivity contribution in [2.75, 3.05) is 14.2 Å². The van der Waals surface area contributed by atoms with Gasteiger partial charge in [-0.15, -0.1) is 0 Å². The number of hydrogen-bond donors (Lipinski definition) is 0. The molecule has 0 unspecified atom stereocenters. The Hall–Kier alpha value is -1.23. The molecule has 0 amide bonds. The maximum absolute atomic E-state index is 11.8. The van der Waals surface area contributed by atoms with Crippen LogP contribution in [0.3, 0.4) is 0 Å². The Kier molecular flexibility index (Phi) is 5.28. The highest BCUT2D eigenvalue weighted by atomic mass is 35.5. The lowest BCUT2D eigenvalue weighted by Crippen LogP contribution is -2.27. The largest absolute Gasteiger partial charge is 0.349 e. The molecule has 0 aliphatic carbocycles. The minimum absolute atomic E-state index is 0.271. The highest BCUT2D eigenvalue weighted by Crippen LogP contribution is 2.13. The van der Waals surface area contributed by atoms with Gasteiger partial charge in [0.1, 0.15) is 0 Å². The number of ether oxygens (including phenoxy) is 2. The predicted octanol–water partition coefficient (Wildman–Crippen LogP) is 2.10. The lowest BCUT2D eigenvalue weighted by atomic mass is 10.1. The summed E-state index contributed by atoms with van der Waals surface area (Å²) in [6.45, 7) is 0. The molecule has 0 aromatic heterocycles. The molecule has 0 saturated carbocycles. The predicted molar refractivity (Wildman–Crippen MR) is 63.2 cm³/mol. The van der Waals surface area contributed by atoms with Crippen LogP contribution < -0.4 is 0 Å². The highest BCUT2D eigenvalue weighted by molar-refractivity contribution is 6.31. The van der Waals surface area contributed by atoms with Crippen molar-refractivity contribution < 1.29 is 19.1 Å². The summed E-state index contributed by atoms with van der Waals surface area (Å²) in [5, 5.41) is 0.457. The van der Waals surface area contributed by atoms with Gasteiger partial charge in [-0.3, -0.25) is 9.59 Å². The van der Waals surface area contributed by atoms with Gasteiger partial charge in [0.2, 0.25) is 6.29 Å². The molecule has 0 fully saturated rings. The number of carbonyl (C=O) groups excluding carboxylic acids is 2. The Morgan fingerprint density at radius 2 is 1.94 bits per heavy atom. The third kappa shape index (κ3) is 3.93. The van der Waals surface area contributed by atoms with Crippen molar-refractivity contribution in [1.29, 1.82) is 0 Å². The van der Waals surface area contributed by atoms with Crippen LogP contribution in [0.1, 0.15) is 16.8 Å². The van der Waals surface area contributed by atoms with Crippen LogP contribution in [0, 0.1) is 0 Å². The Morgan fingerprint density at radius 3 is 2.47 bits per heavy atom. The Labute approximate surface area is 104 Å². The number of Topliss-reactive ketones (excluding diaryl/α,β-unsaturated/α-hetero) is 2. The molecule has 0 aliphatic heterocycles. The van der Waals surface area contributed by atoms with Crippen molar-refractivity contribution in [2.24, 2.45) is 0 Å². The fraction of sp³-hybridized carbons (Fsp3) is 0.333. The monoisotopic (exact) mass is 256 g/mol. The third-order valence-corrected chi connectivity index (χ3v) is 2.41. The molecule has 0 heterocycles. The molecular formula is C12H13ClO4. The van der Waals surface area contributed by atoms with E-state index in [4.69, 9.17) is 21.1 Å². The lowest BCUT2D eigenvalue weighted by Gasteiger charge is -2.11. The van der Waals surface area contributed by atoms with Gasteiger partial charge < -0.3 is 9.47 Å². The molecule has 17 heavy (non-hydrogen) atoms. The van der Waals surface area contributed by atoms with Gasteiger partial charge in [0, 0.05) is 24.8 Å². The zero-order chi connectivity index (χ0) is 12.8. The quantitative estimate of drug-likeness (QED) is 0.444. The molecule has 92 valence electrons. The van der Waals surface area contributed by atoms with Crippen LogP contribution in [0.2, 0.25) is 5.02 Å². The SMILES string of the molecule is COC(OC)C(=O)CC(=O)c1cccc(Cl)c1. The van der Waals surface area contributed by atoms with Crippen molar-refractivity contribution in [2.45, 2.75) is 12.7 Å². The topological polar surface area (TPSA) is 52.6 Å². The van der Waals surface area contributed by atoms with Crippen molar-refractivity contribution in [3.63, 3.8) is 0 Å². The number of rotatable bonds is 6. The first-order valence-electron chi connectivity index (χ1n) is 4.95. The summed E-state index contributed by atoms with van der Waals surface area (Å²) in [6, 6.07) is 6.44. The third-order valence-electron chi connectivity index (χ3n) is 2.17. The summed E-state index contributed by atoms with van der Waals surface area (Å²) >= 11 is 5.76. The summed E-state index contributed by atoms with van der Waals surface area (Å²) in [4.78, 5) is 23.3. The van der Waals surface area contributed by atoms with E-state index in [-0.39, 0.29) is 12.2 Å². The number of ketones is 2. The lowest BCUT2D eigenvalue weighted by molar-refractivity contribution is -0.155. The zero-order valence-electron chi connectivity index (χ0n) is 9.60. The fourth-order valence-corrected chi connectivity index (χ4v) is 1.55. The van der Waals surface area contributed by atoms with Gasteiger partial charge in [0.25, 0.3) is 0 Å². The molecule has 4 nitrogen and oxygen atoms in total. The molecule has 0 N–H and O–H groups in total. The first kappa shape index (κ1) is 13.8. The van der Waals surface area contributed by atoms with Crippen molar-refractivity contribution in [3.8, 4) is 0 Å². The van der Waals surface area contributed by atoms with Crippen LogP contribution in [0.4, 0.5) is 0 Å². The van der Waals surface area contributed by atoms with Crippen LogP contribution >= 0.6 is 11.6 Å². The Morgan fingerprint density at radius 1 is 1.29 bits per heavy atom. The minimum atomic E-state index is -1.00. The van der Waals surface area contributed by atoms with E-state index in [1.54, 1.807) is 18.2 Å². The van der Waals surface area contributed by atoms with Crippen molar-refractivity contribution in [3.05, 3.63) is 34.9 Å². The van der Waals surface area contributed by atoms with Gasteiger partial charge in [-0.1, -0.05) is 23.7 Å². The van der Waals surface area contributed by atoms with Gasteiger partial charge in [0.15, 0.2) is 11.6 Å². The second-order valence-corrected chi connectivity index (χ2v) is 3.82. The van der Waals surface area contributed by atoms with Crippen LogP contribution in [0.5, 0.6) is 0 Å². The number of carbonyl (C=O) groups is 2. The molecule has 0 saturated heterocycles. The summed E-state index contributed by atoms with van der Waals surface area (Å²) in [6.07, 6.45) is -1.27. The molecule has 5 heteroatoms. The standard InChI is InChI=1S/C12H13ClO4/c1-16-12(17-2)11(15)7-10(14)8-4-3-5-9(13)6-8/h3-6,12H,7H2,1-2H3. The maximum Gasteiger partial charge on any atom is 0.217 e. The molecule has 1 aromatic carbocycles. The second-order valence-electron chi connectivity index (χ2n) is 3.38. The van der Waals surface area contributed by atoms with Gasteiger partial charge in [0.05, 0.1) is 6.42 Å². The average molecular weight is 257 g/mol. The minimum Gasteiger partial charge on any atom is -0.349 e. The average Bonchev–Trinajstić information content (AvgIpc) is 2.30. The van der Waals surface area contributed by atoms with Gasteiger partial charge in [-0.05, 0) is 12.1 Å².